The molecule has 7 nitrogen and oxygen atoms in total. The fraction of sp³-hybridized carbons (Fsp3) is 0.115. The molecule has 8 heteroatoms. The van der Waals surface area contributed by atoms with Crippen LogP contribution in [0.25, 0.3) is 87.3 Å². The second-order valence-corrected chi connectivity index (χ2v) is 16.5. The van der Waals surface area contributed by atoms with Crippen LogP contribution < -0.4 is 0 Å². The van der Waals surface area contributed by atoms with E-state index in [9.17, 15) is 0 Å². The highest BCUT2D eigenvalue weighted by Crippen LogP contribution is 2.40. The summed E-state index contributed by atoms with van der Waals surface area (Å²) >= 11 is 1.83. The molecular formula is C52H41N7S. The van der Waals surface area contributed by atoms with Crippen molar-refractivity contribution in [1.82, 2.24) is 29.5 Å². The van der Waals surface area contributed by atoms with E-state index in [0.29, 0.717) is 29.0 Å². The van der Waals surface area contributed by atoms with Crippen LogP contribution >= 0.6 is 11.3 Å². The summed E-state index contributed by atoms with van der Waals surface area (Å²) in [5.41, 5.74) is 13.9. The Balaban J connectivity index is 1.22. The van der Waals surface area contributed by atoms with Crippen LogP contribution in [0.3, 0.4) is 0 Å². The maximum Gasteiger partial charge on any atom is 0.163 e. The Morgan fingerprint density at radius 2 is 1.10 bits per heavy atom. The molecule has 4 aromatic heterocycles. The number of hydrogen-bond acceptors (Lipinski definition) is 7. The molecule has 0 spiro atoms. The molecule has 4 heterocycles. The van der Waals surface area contributed by atoms with Gasteiger partial charge in [-0.1, -0.05) is 73.3 Å². The number of aryl methyl sites for hydroxylation is 4. The Labute approximate surface area is 352 Å². The van der Waals surface area contributed by atoms with Gasteiger partial charge < -0.3 is 4.57 Å². The van der Waals surface area contributed by atoms with Gasteiger partial charge in [-0.2, -0.15) is 0 Å². The maximum atomic E-state index is 5.18. The number of aliphatic imine (C=N–C) groups is 1. The SMILES string of the molecule is C=C(N=C(C)c1cc(-c2ccc3c(c2)sc2ccccc23)ccc1-n1c2ccc(-c3nc(C)nc(C)n3)cc2c2cc(-c3nc(C)c(C)c(C)n3)ccc21)c1ccccc1. The van der Waals surface area contributed by atoms with Gasteiger partial charge in [0.2, 0.25) is 0 Å². The van der Waals surface area contributed by atoms with E-state index in [-0.39, 0.29) is 0 Å². The van der Waals surface area contributed by atoms with Gasteiger partial charge in [0, 0.05) is 64.7 Å². The summed E-state index contributed by atoms with van der Waals surface area (Å²) in [6.45, 7) is 16.5. The first-order valence-corrected chi connectivity index (χ1v) is 20.9. The molecule has 0 atom stereocenters. The van der Waals surface area contributed by atoms with E-state index in [1.165, 1.54) is 20.2 Å². The highest BCUT2D eigenvalue weighted by Gasteiger charge is 2.20. The van der Waals surface area contributed by atoms with Crippen molar-refractivity contribution >= 4 is 64.7 Å². The number of thiophene rings is 1. The molecular weight excluding hydrogens is 755 g/mol. The van der Waals surface area contributed by atoms with Crippen LogP contribution in [0.2, 0.25) is 0 Å². The van der Waals surface area contributed by atoms with Gasteiger partial charge in [0.05, 0.1) is 22.4 Å². The molecule has 0 unspecified atom stereocenters. The first kappa shape index (κ1) is 37.1. The fourth-order valence-corrected chi connectivity index (χ4v) is 9.42. The minimum absolute atomic E-state index is 0.648. The smallest absolute Gasteiger partial charge is 0.163 e. The van der Waals surface area contributed by atoms with Crippen molar-refractivity contribution in [2.24, 2.45) is 4.99 Å². The van der Waals surface area contributed by atoms with E-state index in [0.717, 1.165) is 83.5 Å². The van der Waals surface area contributed by atoms with E-state index in [2.05, 4.69) is 139 Å². The number of aromatic nitrogens is 6. The molecule has 0 saturated carbocycles. The van der Waals surface area contributed by atoms with Crippen LogP contribution in [0.15, 0.2) is 139 Å². The Morgan fingerprint density at radius 3 is 1.78 bits per heavy atom. The molecule has 0 fully saturated rings. The fourth-order valence-electron chi connectivity index (χ4n) is 8.27. The molecule has 0 aliphatic rings. The summed E-state index contributed by atoms with van der Waals surface area (Å²) in [4.78, 5) is 29.0. The standard InChI is InChI=1S/C52H41N7S/c1-29-30(2)54-51(55-31(29)3)39-19-23-47-44(26-39)45-27-40(52-57-34(6)56-35(7)58-52)20-24-48(45)59(47)46-22-18-37(25-43(46)33(5)53-32(4)36-13-9-8-10-14-36)38-17-21-42-41-15-11-12-16-49(41)60-50(42)28-38/h8-28H,4H2,1-3,5-7H3. The van der Waals surface area contributed by atoms with Gasteiger partial charge in [0.1, 0.15) is 11.6 Å². The van der Waals surface area contributed by atoms with Crippen molar-refractivity contribution in [2.75, 3.05) is 0 Å². The van der Waals surface area contributed by atoms with Gasteiger partial charge in [-0.15, -0.1) is 11.3 Å². The summed E-state index contributed by atoms with van der Waals surface area (Å²) in [6, 6.07) is 45.4. The predicted octanol–water partition coefficient (Wildman–Crippen LogP) is 13.1. The highest BCUT2D eigenvalue weighted by atomic mass is 32.1. The number of hydrogen-bond donors (Lipinski definition) is 0. The average molecular weight is 796 g/mol. The lowest BCUT2D eigenvalue weighted by Gasteiger charge is -2.16. The zero-order valence-electron chi connectivity index (χ0n) is 34.4. The molecule has 10 aromatic rings. The van der Waals surface area contributed by atoms with E-state index >= 15 is 0 Å². The van der Waals surface area contributed by atoms with Crippen LogP contribution in [0.5, 0.6) is 0 Å². The molecule has 60 heavy (non-hydrogen) atoms. The van der Waals surface area contributed by atoms with Crippen LogP contribution in [0, 0.1) is 34.6 Å². The first-order valence-electron chi connectivity index (χ1n) is 20.1. The molecule has 0 aliphatic heterocycles. The lowest BCUT2D eigenvalue weighted by Crippen LogP contribution is -2.05. The molecule has 10 rings (SSSR count). The minimum Gasteiger partial charge on any atom is -0.309 e. The second-order valence-electron chi connectivity index (χ2n) is 15.4. The zero-order chi connectivity index (χ0) is 41.2. The highest BCUT2D eigenvalue weighted by molar-refractivity contribution is 7.25. The summed E-state index contributed by atoms with van der Waals surface area (Å²) in [5.74, 6) is 2.73. The molecule has 0 radical (unpaired) electrons. The lowest BCUT2D eigenvalue weighted by molar-refractivity contribution is 0.929. The Hall–Kier alpha value is -7.16. The molecule has 0 bridgehead atoms. The third-order valence-corrected chi connectivity index (χ3v) is 12.7. The Bertz CT molecular complexity index is 3370. The number of nitrogens with zero attached hydrogens (tertiary/aromatic N) is 7. The summed E-state index contributed by atoms with van der Waals surface area (Å²) in [7, 11) is 0. The molecule has 0 N–H and O–H groups in total. The quantitative estimate of drug-likeness (QED) is 0.150. The van der Waals surface area contributed by atoms with Gasteiger partial charge >= 0.3 is 0 Å². The monoisotopic (exact) mass is 795 g/mol. The van der Waals surface area contributed by atoms with Crippen molar-refractivity contribution in [3.8, 4) is 39.6 Å². The van der Waals surface area contributed by atoms with Crippen LogP contribution in [0.1, 0.15) is 46.7 Å². The minimum atomic E-state index is 0.648. The van der Waals surface area contributed by atoms with Crippen molar-refractivity contribution in [2.45, 2.75) is 41.5 Å². The van der Waals surface area contributed by atoms with E-state index in [4.69, 9.17) is 24.9 Å². The Kier molecular flexibility index (Phi) is 9.03. The molecule has 0 amide bonds. The van der Waals surface area contributed by atoms with Crippen LogP contribution in [-0.4, -0.2) is 35.2 Å². The third-order valence-electron chi connectivity index (χ3n) is 11.5. The average Bonchev–Trinajstić information content (AvgIpc) is 3.79. The van der Waals surface area contributed by atoms with E-state index in [1.807, 2.05) is 57.2 Å². The van der Waals surface area contributed by atoms with Crippen LogP contribution in [-0.2, 0) is 0 Å². The van der Waals surface area contributed by atoms with E-state index < -0.39 is 0 Å². The van der Waals surface area contributed by atoms with Crippen molar-refractivity contribution < 1.29 is 0 Å². The molecule has 290 valence electrons. The molecule has 0 aliphatic carbocycles. The first-order chi connectivity index (χ1) is 29.1. The topological polar surface area (TPSA) is 81.7 Å². The van der Waals surface area contributed by atoms with Crippen molar-refractivity contribution in [3.05, 3.63) is 174 Å². The summed E-state index contributed by atoms with van der Waals surface area (Å²) in [5, 5.41) is 4.70. The van der Waals surface area contributed by atoms with Gasteiger partial charge in [-0.25, -0.2) is 24.9 Å². The largest absolute Gasteiger partial charge is 0.309 e. The third kappa shape index (κ3) is 6.46. The number of benzene rings is 6. The van der Waals surface area contributed by atoms with Gasteiger partial charge in [0.25, 0.3) is 0 Å². The van der Waals surface area contributed by atoms with Crippen molar-refractivity contribution in [3.63, 3.8) is 0 Å². The van der Waals surface area contributed by atoms with Gasteiger partial charge in [-0.05, 0) is 124 Å². The Morgan fingerprint density at radius 1 is 0.533 bits per heavy atom. The van der Waals surface area contributed by atoms with Gasteiger partial charge in [0.15, 0.2) is 11.6 Å². The normalized spacial score (nSPS) is 12.0. The van der Waals surface area contributed by atoms with E-state index in [1.54, 1.807) is 0 Å². The molecule has 6 aromatic carbocycles. The summed E-state index contributed by atoms with van der Waals surface area (Å²) < 4.78 is 4.91. The van der Waals surface area contributed by atoms with Crippen LogP contribution in [0.4, 0.5) is 0 Å². The zero-order valence-corrected chi connectivity index (χ0v) is 35.2. The van der Waals surface area contributed by atoms with Crippen molar-refractivity contribution in [1.29, 1.82) is 0 Å². The lowest BCUT2D eigenvalue weighted by atomic mass is 9.98. The second kappa shape index (κ2) is 14.6. The molecule has 0 saturated heterocycles. The van der Waals surface area contributed by atoms with Gasteiger partial charge in [-0.3, -0.25) is 4.99 Å². The maximum absolute atomic E-state index is 5.18. The number of fused-ring (bicyclic) bond motifs is 6. The predicted molar refractivity (Wildman–Crippen MR) is 250 cm³/mol. The number of rotatable bonds is 7. The summed E-state index contributed by atoms with van der Waals surface area (Å²) in [6.07, 6.45) is 0.